The quantitative estimate of drug-likeness (QED) is 0.337. The summed E-state index contributed by atoms with van der Waals surface area (Å²) in [5.74, 6) is 0.542. The molecule has 0 amide bonds. The van der Waals surface area contributed by atoms with Crippen molar-refractivity contribution in [2.75, 3.05) is 45.2 Å². The van der Waals surface area contributed by atoms with E-state index in [0.29, 0.717) is 6.54 Å². The number of rotatable bonds is 8. The maximum absolute atomic E-state index is 13.2. The summed E-state index contributed by atoms with van der Waals surface area (Å²) in [6.07, 6.45) is 1.54. The molecular weight excluding hydrogens is 479 g/mol. The molecule has 4 rings (SSSR count). The summed E-state index contributed by atoms with van der Waals surface area (Å²) in [6.45, 7) is 6.00. The Morgan fingerprint density at radius 1 is 1.00 bits per heavy atom. The Morgan fingerprint density at radius 2 is 1.67 bits per heavy atom. The molecule has 0 saturated carbocycles. The van der Waals surface area contributed by atoms with Crippen LogP contribution >= 0.6 is 0 Å². The van der Waals surface area contributed by atoms with Gasteiger partial charge >= 0.3 is 0 Å². The van der Waals surface area contributed by atoms with Crippen molar-refractivity contribution in [2.24, 2.45) is 5.10 Å². The second-order valence-electron chi connectivity index (χ2n) is 8.81. The lowest BCUT2D eigenvalue weighted by Crippen LogP contribution is -2.46. The number of sulfonamides is 1. The molecule has 0 aromatic heterocycles. The summed E-state index contributed by atoms with van der Waals surface area (Å²) in [5, 5.41) is 4.19. The number of hydrazone groups is 1. The van der Waals surface area contributed by atoms with Crippen molar-refractivity contribution < 1.29 is 17.5 Å². The van der Waals surface area contributed by atoms with Crippen LogP contribution in [-0.2, 0) is 16.6 Å². The van der Waals surface area contributed by atoms with Gasteiger partial charge in [0.25, 0.3) is 10.0 Å². The molecule has 0 unspecified atom stereocenters. The molecule has 0 N–H and O–H groups in total. The molecule has 0 atom stereocenters. The monoisotopic (exact) mass is 510 g/mol. The van der Waals surface area contributed by atoms with E-state index >= 15 is 0 Å². The van der Waals surface area contributed by atoms with Crippen molar-refractivity contribution in [3.63, 3.8) is 0 Å². The number of halogens is 1. The minimum Gasteiger partial charge on any atom is -0.496 e. The molecule has 0 bridgehead atoms. The molecule has 1 aliphatic heterocycles. The van der Waals surface area contributed by atoms with E-state index in [-0.39, 0.29) is 10.7 Å². The molecule has 1 heterocycles. The molecule has 36 heavy (non-hydrogen) atoms. The van der Waals surface area contributed by atoms with Gasteiger partial charge in [-0.25, -0.2) is 4.39 Å². The van der Waals surface area contributed by atoms with E-state index in [4.69, 9.17) is 4.74 Å². The number of ether oxygens (including phenoxy) is 1. The highest BCUT2D eigenvalue weighted by atomic mass is 32.2. The Kier molecular flexibility index (Phi) is 7.91. The van der Waals surface area contributed by atoms with Crippen molar-refractivity contribution >= 4 is 21.9 Å². The Morgan fingerprint density at radius 3 is 2.31 bits per heavy atom. The van der Waals surface area contributed by atoms with Crippen molar-refractivity contribution in [1.29, 1.82) is 0 Å². The van der Waals surface area contributed by atoms with Gasteiger partial charge in [0.2, 0.25) is 0 Å². The first-order valence-electron chi connectivity index (χ1n) is 11.8. The number of aryl methyl sites for hydroxylation is 1. The zero-order chi connectivity index (χ0) is 25.7. The fraction of sp³-hybridized carbons (Fsp3) is 0.296. The van der Waals surface area contributed by atoms with Crippen LogP contribution in [0.2, 0.25) is 0 Å². The van der Waals surface area contributed by atoms with Gasteiger partial charge in [-0.2, -0.15) is 17.9 Å². The van der Waals surface area contributed by atoms with Crippen LogP contribution in [0.5, 0.6) is 5.75 Å². The lowest BCUT2D eigenvalue weighted by atomic mass is 10.1. The Balaban J connectivity index is 1.42. The van der Waals surface area contributed by atoms with Crippen LogP contribution in [0.3, 0.4) is 0 Å². The second kappa shape index (κ2) is 11.1. The normalized spacial score (nSPS) is 14.8. The summed E-state index contributed by atoms with van der Waals surface area (Å²) >= 11 is 0. The smallest absolute Gasteiger partial charge is 0.278 e. The first-order chi connectivity index (χ1) is 17.3. The van der Waals surface area contributed by atoms with Crippen molar-refractivity contribution in [3.8, 4) is 5.75 Å². The zero-order valence-corrected chi connectivity index (χ0v) is 21.6. The molecule has 3 aromatic rings. The molecule has 1 saturated heterocycles. The number of hydrogen-bond acceptors (Lipinski definition) is 6. The first kappa shape index (κ1) is 25.7. The van der Waals surface area contributed by atoms with E-state index in [0.717, 1.165) is 58.7 Å². The van der Waals surface area contributed by atoms with E-state index in [9.17, 15) is 12.8 Å². The predicted octanol–water partition coefficient (Wildman–Crippen LogP) is 4.12. The highest BCUT2D eigenvalue weighted by Gasteiger charge is 2.20. The van der Waals surface area contributed by atoms with Crippen LogP contribution in [0.25, 0.3) is 0 Å². The molecule has 9 heteroatoms. The van der Waals surface area contributed by atoms with Gasteiger partial charge in [-0.15, -0.1) is 0 Å². The molecular formula is C27H31FN4O3S. The lowest BCUT2D eigenvalue weighted by Gasteiger charge is -2.36. The molecule has 0 aliphatic carbocycles. The van der Waals surface area contributed by atoms with Crippen molar-refractivity contribution in [2.45, 2.75) is 18.4 Å². The van der Waals surface area contributed by atoms with Gasteiger partial charge in [0, 0.05) is 51.0 Å². The number of nitrogens with zero attached hydrogens (tertiary/aromatic N) is 4. The summed E-state index contributed by atoms with van der Waals surface area (Å²) in [6, 6.07) is 19.0. The number of benzene rings is 3. The third kappa shape index (κ3) is 6.03. The molecule has 1 fully saturated rings. The van der Waals surface area contributed by atoms with E-state index in [1.54, 1.807) is 37.6 Å². The first-order valence-corrected chi connectivity index (χ1v) is 13.2. The minimum atomic E-state index is -3.73. The standard InChI is InChI=1S/C27H31FN4O3S/c1-21-4-11-26(12-5-21)36(33,34)30(2)29-19-22-6-13-27(35-3)23(18-22)20-31-14-16-32(17-15-31)25-9-7-24(28)8-10-25/h4-13,18-19H,14-17,20H2,1-3H3. The maximum Gasteiger partial charge on any atom is 0.278 e. The number of piperazine rings is 1. The second-order valence-corrected chi connectivity index (χ2v) is 10.8. The lowest BCUT2D eigenvalue weighted by molar-refractivity contribution is 0.246. The van der Waals surface area contributed by atoms with Gasteiger partial charge in [0.05, 0.1) is 18.2 Å². The summed E-state index contributed by atoms with van der Waals surface area (Å²) in [5.41, 5.74) is 3.79. The maximum atomic E-state index is 13.2. The summed E-state index contributed by atoms with van der Waals surface area (Å²) < 4.78 is 45.4. The number of hydrogen-bond donors (Lipinski definition) is 0. The van der Waals surface area contributed by atoms with Gasteiger partial charge in [0.15, 0.2) is 0 Å². The molecule has 190 valence electrons. The van der Waals surface area contributed by atoms with E-state index in [1.165, 1.54) is 19.2 Å². The summed E-state index contributed by atoms with van der Waals surface area (Å²) in [4.78, 5) is 4.79. The van der Waals surface area contributed by atoms with Crippen LogP contribution in [0.15, 0.2) is 76.7 Å². The largest absolute Gasteiger partial charge is 0.496 e. The minimum absolute atomic E-state index is 0.197. The Bertz CT molecular complexity index is 1300. The Hall–Kier alpha value is -3.43. The van der Waals surface area contributed by atoms with Gasteiger partial charge in [-0.3, -0.25) is 4.90 Å². The fourth-order valence-corrected chi connectivity index (χ4v) is 5.09. The van der Waals surface area contributed by atoms with Gasteiger partial charge in [-0.1, -0.05) is 17.7 Å². The molecule has 1 aliphatic rings. The summed E-state index contributed by atoms with van der Waals surface area (Å²) in [7, 11) is -0.658. The van der Waals surface area contributed by atoms with Crippen LogP contribution in [0.4, 0.5) is 10.1 Å². The van der Waals surface area contributed by atoms with E-state index in [2.05, 4.69) is 14.9 Å². The predicted molar refractivity (Wildman–Crippen MR) is 141 cm³/mol. The van der Waals surface area contributed by atoms with Crippen molar-refractivity contribution in [3.05, 3.63) is 89.2 Å². The molecule has 3 aromatic carbocycles. The third-order valence-electron chi connectivity index (χ3n) is 6.30. The molecule has 0 radical (unpaired) electrons. The van der Waals surface area contributed by atoms with Crippen molar-refractivity contribution in [1.82, 2.24) is 9.31 Å². The highest BCUT2D eigenvalue weighted by molar-refractivity contribution is 7.89. The van der Waals surface area contributed by atoms with E-state index in [1.807, 2.05) is 37.3 Å². The molecule has 0 spiro atoms. The molecule has 7 nitrogen and oxygen atoms in total. The average Bonchev–Trinajstić information content (AvgIpc) is 2.88. The zero-order valence-electron chi connectivity index (χ0n) is 20.8. The van der Waals surface area contributed by atoms with Crippen LogP contribution < -0.4 is 9.64 Å². The SMILES string of the molecule is COc1ccc(C=NN(C)S(=O)(=O)c2ccc(C)cc2)cc1CN1CCN(c2ccc(F)cc2)CC1. The Labute approximate surface area is 212 Å². The highest BCUT2D eigenvalue weighted by Crippen LogP contribution is 2.23. The number of anilines is 1. The van der Waals surface area contributed by atoms with Gasteiger partial charge in [-0.05, 0) is 67.1 Å². The van der Waals surface area contributed by atoms with Crippen LogP contribution in [0, 0.1) is 12.7 Å². The van der Waals surface area contributed by atoms with Gasteiger partial charge in [0.1, 0.15) is 11.6 Å². The fourth-order valence-electron chi connectivity index (χ4n) is 4.13. The number of methoxy groups -OCH3 is 1. The third-order valence-corrected chi connectivity index (χ3v) is 7.96. The van der Waals surface area contributed by atoms with Gasteiger partial charge < -0.3 is 9.64 Å². The topological polar surface area (TPSA) is 65.5 Å². The average molecular weight is 511 g/mol. The van der Waals surface area contributed by atoms with Crippen LogP contribution in [0.1, 0.15) is 16.7 Å². The van der Waals surface area contributed by atoms with E-state index < -0.39 is 10.0 Å². The van der Waals surface area contributed by atoms with Crippen LogP contribution in [-0.4, -0.2) is 64.3 Å².